The van der Waals surface area contributed by atoms with Crippen molar-refractivity contribution in [3.63, 3.8) is 0 Å². The van der Waals surface area contributed by atoms with E-state index in [1.807, 2.05) is 30.3 Å². The number of hydrogen-bond acceptors (Lipinski definition) is 4. The van der Waals surface area contributed by atoms with E-state index in [1.165, 1.54) is 11.8 Å². The second kappa shape index (κ2) is 7.81. The number of rotatable bonds is 6. The molecule has 128 valence electrons. The Morgan fingerprint density at radius 1 is 1.33 bits per heavy atom. The minimum absolute atomic E-state index is 0.204. The summed E-state index contributed by atoms with van der Waals surface area (Å²) in [5.74, 6) is -0.389. The number of carbonyl (C=O) groups excluding carboxylic acids is 2. The molecule has 1 saturated heterocycles. The van der Waals surface area contributed by atoms with Gasteiger partial charge in [-0.1, -0.05) is 43.0 Å². The third kappa shape index (κ3) is 4.25. The molecular formula is C19H23NO4. The summed E-state index contributed by atoms with van der Waals surface area (Å²) >= 11 is 0. The number of ether oxygens (including phenoxy) is 2. The summed E-state index contributed by atoms with van der Waals surface area (Å²) in [5, 5.41) is 0. The Labute approximate surface area is 142 Å². The molecule has 1 aliphatic rings. The zero-order valence-electron chi connectivity index (χ0n) is 14.0. The van der Waals surface area contributed by atoms with Crippen LogP contribution in [0.4, 0.5) is 4.79 Å². The Morgan fingerprint density at radius 2 is 2.04 bits per heavy atom. The molecule has 0 aliphatic carbocycles. The molecule has 0 spiro atoms. The van der Waals surface area contributed by atoms with E-state index in [4.69, 9.17) is 9.47 Å². The van der Waals surface area contributed by atoms with Crippen molar-refractivity contribution >= 4 is 12.1 Å². The predicted molar refractivity (Wildman–Crippen MR) is 91.3 cm³/mol. The van der Waals surface area contributed by atoms with E-state index >= 15 is 0 Å². The van der Waals surface area contributed by atoms with E-state index in [0.717, 1.165) is 5.56 Å². The first kappa shape index (κ1) is 17.8. The van der Waals surface area contributed by atoms with Gasteiger partial charge >= 0.3 is 12.1 Å². The lowest BCUT2D eigenvalue weighted by Crippen LogP contribution is -2.40. The molecule has 2 rings (SSSR count). The molecule has 1 unspecified atom stereocenters. The van der Waals surface area contributed by atoms with Gasteiger partial charge in [0.15, 0.2) is 5.60 Å². The lowest BCUT2D eigenvalue weighted by Gasteiger charge is -2.29. The van der Waals surface area contributed by atoms with Crippen LogP contribution in [0.3, 0.4) is 0 Å². The summed E-state index contributed by atoms with van der Waals surface area (Å²) in [6, 6.07) is 9.47. The van der Waals surface area contributed by atoms with Crippen LogP contribution in [0, 0.1) is 0 Å². The standard InChI is InChI=1S/C19H23NO4/c1-4-5-11-19(24-16(3)21)14-20(12-15(19)2)18(22)23-13-17-9-7-6-8-10-17/h4,6-10H,1-2,5,11-14H2,3H3. The first-order valence-corrected chi connectivity index (χ1v) is 7.91. The van der Waals surface area contributed by atoms with Gasteiger partial charge in [0.05, 0.1) is 6.54 Å². The van der Waals surface area contributed by atoms with E-state index < -0.39 is 11.7 Å². The van der Waals surface area contributed by atoms with E-state index in [2.05, 4.69) is 13.2 Å². The molecule has 0 saturated carbocycles. The summed E-state index contributed by atoms with van der Waals surface area (Å²) in [4.78, 5) is 25.3. The fraction of sp³-hybridized carbons (Fsp3) is 0.368. The Balaban J connectivity index is 2.01. The van der Waals surface area contributed by atoms with Crippen molar-refractivity contribution in [1.82, 2.24) is 4.90 Å². The van der Waals surface area contributed by atoms with Crippen molar-refractivity contribution in [2.75, 3.05) is 13.1 Å². The van der Waals surface area contributed by atoms with Crippen LogP contribution in [0.25, 0.3) is 0 Å². The maximum Gasteiger partial charge on any atom is 0.410 e. The number of nitrogens with zero attached hydrogens (tertiary/aromatic N) is 1. The number of carbonyl (C=O) groups is 2. The average Bonchev–Trinajstić information content (AvgIpc) is 2.88. The van der Waals surface area contributed by atoms with Crippen LogP contribution in [0.5, 0.6) is 0 Å². The van der Waals surface area contributed by atoms with E-state index in [1.54, 1.807) is 6.08 Å². The molecule has 1 atom stereocenters. The highest BCUT2D eigenvalue weighted by atomic mass is 16.6. The van der Waals surface area contributed by atoms with E-state index in [9.17, 15) is 9.59 Å². The van der Waals surface area contributed by atoms with Gasteiger partial charge in [-0.3, -0.25) is 9.69 Å². The average molecular weight is 329 g/mol. The number of benzene rings is 1. The Kier molecular flexibility index (Phi) is 5.79. The van der Waals surface area contributed by atoms with Gasteiger partial charge in [-0.05, 0) is 24.0 Å². The molecule has 1 aromatic carbocycles. The third-order valence-electron chi connectivity index (χ3n) is 4.03. The number of esters is 1. The lowest BCUT2D eigenvalue weighted by molar-refractivity contribution is -0.153. The molecule has 1 amide bonds. The van der Waals surface area contributed by atoms with Gasteiger partial charge in [-0.2, -0.15) is 0 Å². The maximum absolute atomic E-state index is 12.3. The first-order chi connectivity index (χ1) is 11.5. The van der Waals surface area contributed by atoms with Gasteiger partial charge in [0.1, 0.15) is 6.61 Å². The summed E-state index contributed by atoms with van der Waals surface area (Å²) < 4.78 is 10.9. The van der Waals surface area contributed by atoms with Gasteiger partial charge in [0, 0.05) is 13.5 Å². The highest BCUT2D eigenvalue weighted by molar-refractivity contribution is 5.71. The maximum atomic E-state index is 12.3. The number of likely N-dealkylation sites (tertiary alicyclic amines) is 1. The van der Waals surface area contributed by atoms with Crippen molar-refractivity contribution in [2.45, 2.75) is 32.0 Å². The number of hydrogen-bond donors (Lipinski definition) is 0. The van der Waals surface area contributed by atoms with Crippen LogP contribution < -0.4 is 0 Å². The molecule has 0 bridgehead atoms. The molecule has 5 heteroatoms. The van der Waals surface area contributed by atoms with Gasteiger partial charge in [0.25, 0.3) is 0 Å². The molecule has 1 aromatic rings. The second-order valence-electron chi connectivity index (χ2n) is 5.92. The topological polar surface area (TPSA) is 55.8 Å². The van der Waals surface area contributed by atoms with Crippen LogP contribution >= 0.6 is 0 Å². The van der Waals surface area contributed by atoms with Crippen molar-refractivity contribution in [1.29, 1.82) is 0 Å². The molecule has 1 fully saturated rings. The molecule has 0 aromatic heterocycles. The predicted octanol–water partition coefficient (Wildman–Crippen LogP) is 3.46. The van der Waals surface area contributed by atoms with Crippen LogP contribution in [-0.2, 0) is 20.9 Å². The van der Waals surface area contributed by atoms with Crippen molar-refractivity contribution < 1.29 is 19.1 Å². The molecule has 0 radical (unpaired) electrons. The molecular weight excluding hydrogens is 306 g/mol. The minimum Gasteiger partial charge on any atom is -0.453 e. The quantitative estimate of drug-likeness (QED) is 0.592. The fourth-order valence-corrected chi connectivity index (χ4v) is 2.81. The number of amides is 1. The zero-order valence-corrected chi connectivity index (χ0v) is 14.0. The van der Waals surface area contributed by atoms with Crippen LogP contribution in [0.15, 0.2) is 55.1 Å². The van der Waals surface area contributed by atoms with Gasteiger partial charge in [-0.15, -0.1) is 6.58 Å². The van der Waals surface area contributed by atoms with Crippen LogP contribution in [0.2, 0.25) is 0 Å². The van der Waals surface area contributed by atoms with Crippen molar-refractivity contribution in [3.8, 4) is 0 Å². The van der Waals surface area contributed by atoms with Crippen molar-refractivity contribution in [3.05, 3.63) is 60.7 Å². The van der Waals surface area contributed by atoms with Crippen LogP contribution in [0.1, 0.15) is 25.3 Å². The SMILES string of the molecule is C=CCCC1(OC(C)=O)CN(C(=O)OCc2ccccc2)CC1=C. The van der Waals surface area contributed by atoms with E-state index in [-0.39, 0.29) is 19.1 Å². The number of allylic oxidation sites excluding steroid dienone is 1. The molecule has 24 heavy (non-hydrogen) atoms. The van der Waals surface area contributed by atoms with Gasteiger partial charge in [0.2, 0.25) is 0 Å². The molecule has 1 aliphatic heterocycles. The van der Waals surface area contributed by atoms with Gasteiger partial charge < -0.3 is 9.47 Å². The van der Waals surface area contributed by atoms with Crippen LogP contribution in [-0.4, -0.2) is 35.7 Å². The summed E-state index contributed by atoms with van der Waals surface area (Å²) in [7, 11) is 0. The van der Waals surface area contributed by atoms with E-state index in [0.29, 0.717) is 25.0 Å². The first-order valence-electron chi connectivity index (χ1n) is 7.91. The highest BCUT2D eigenvalue weighted by Crippen LogP contribution is 2.34. The minimum atomic E-state index is -0.855. The highest BCUT2D eigenvalue weighted by Gasteiger charge is 2.45. The Morgan fingerprint density at radius 3 is 2.67 bits per heavy atom. The second-order valence-corrected chi connectivity index (χ2v) is 5.92. The van der Waals surface area contributed by atoms with Crippen molar-refractivity contribution in [2.24, 2.45) is 0 Å². The smallest absolute Gasteiger partial charge is 0.410 e. The summed E-state index contributed by atoms with van der Waals surface area (Å²) in [6.45, 7) is 9.84. The molecule has 0 N–H and O–H groups in total. The summed E-state index contributed by atoms with van der Waals surface area (Å²) in [5.41, 5.74) is 0.768. The fourth-order valence-electron chi connectivity index (χ4n) is 2.81. The normalized spacial score (nSPS) is 19.9. The Bertz CT molecular complexity index is 626. The lowest BCUT2D eigenvalue weighted by atomic mass is 9.92. The summed E-state index contributed by atoms with van der Waals surface area (Å²) in [6.07, 6.45) is 2.54. The third-order valence-corrected chi connectivity index (χ3v) is 4.03. The zero-order chi connectivity index (χ0) is 17.6. The largest absolute Gasteiger partial charge is 0.453 e. The monoisotopic (exact) mass is 329 g/mol. The molecule has 1 heterocycles. The Hall–Kier alpha value is -2.56. The molecule has 5 nitrogen and oxygen atoms in total. The van der Waals surface area contributed by atoms with Gasteiger partial charge in [-0.25, -0.2) is 4.79 Å².